The molecule has 0 aromatic rings. The van der Waals surface area contributed by atoms with E-state index in [1.807, 2.05) is 5.32 Å². The Labute approximate surface area is 84.1 Å². The minimum absolute atomic E-state index is 0.107. The predicted molar refractivity (Wildman–Crippen MR) is 48.5 cm³/mol. The van der Waals surface area contributed by atoms with Crippen molar-refractivity contribution in [1.29, 1.82) is 0 Å². The van der Waals surface area contributed by atoms with Gasteiger partial charge in [0, 0.05) is 5.75 Å². The first-order chi connectivity index (χ1) is 6.29. The molecule has 0 saturated heterocycles. The average Bonchev–Trinajstić information content (AvgIpc) is 2.01. The van der Waals surface area contributed by atoms with Crippen molar-refractivity contribution in [2.75, 3.05) is 12.0 Å². The molecule has 0 aliphatic carbocycles. The van der Waals surface area contributed by atoms with Crippen molar-refractivity contribution in [1.82, 2.24) is 5.32 Å². The third kappa shape index (κ3) is 4.71. The maximum absolute atomic E-state index is 12.1. The molecule has 0 heterocycles. The van der Waals surface area contributed by atoms with Gasteiger partial charge in [0.1, 0.15) is 12.1 Å². The molecule has 0 aromatic heterocycles. The van der Waals surface area contributed by atoms with E-state index in [4.69, 9.17) is 5.11 Å². The zero-order valence-corrected chi connectivity index (χ0v) is 8.58. The van der Waals surface area contributed by atoms with E-state index in [9.17, 15) is 18.0 Å². The highest BCUT2D eigenvalue weighted by molar-refractivity contribution is 7.98. The molecule has 0 amide bonds. The van der Waals surface area contributed by atoms with E-state index in [2.05, 4.69) is 0 Å². The molecular weight excluding hydrogens is 219 g/mol. The van der Waals surface area contributed by atoms with Crippen LogP contribution in [0.4, 0.5) is 13.2 Å². The number of alkyl halides is 3. The van der Waals surface area contributed by atoms with Gasteiger partial charge in [0.25, 0.3) is 0 Å². The van der Waals surface area contributed by atoms with Crippen molar-refractivity contribution in [3.63, 3.8) is 0 Å². The summed E-state index contributed by atoms with van der Waals surface area (Å²) in [6.45, 7) is 0.899. The maximum atomic E-state index is 12.1. The summed E-state index contributed by atoms with van der Waals surface area (Å²) in [5.41, 5.74) is 0. The molecule has 14 heavy (non-hydrogen) atoms. The van der Waals surface area contributed by atoms with Crippen LogP contribution in [0.25, 0.3) is 0 Å². The Kier molecular flexibility index (Phi) is 5.28. The second kappa shape index (κ2) is 5.45. The maximum Gasteiger partial charge on any atom is 0.403 e. The second-order valence-corrected chi connectivity index (χ2v) is 3.69. The summed E-state index contributed by atoms with van der Waals surface area (Å²) in [6.07, 6.45) is -2.78. The molecule has 0 fully saturated rings. The lowest BCUT2D eigenvalue weighted by Crippen LogP contribution is -2.49. The van der Waals surface area contributed by atoms with E-state index in [-0.39, 0.29) is 5.75 Å². The van der Waals surface area contributed by atoms with E-state index in [1.165, 1.54) is 11.8 Å². The summed E-state index contributed by atoms with van der Waals surface area (Å²) in [6, 6.07) is -2.97. The number of hydrogen-bond acceptors (Lipinski definition) is 3. The van der Waals surface area contributed by atoms with Crippen molar-refractivity contribution in [2.24, 2.45) is 0 Å². The molecular formula is C7H12F3NO2S. The van der Waals surface area contributed by atoms with E-state index in [0.29, 0.717) is 0 Å². The van der Waals surface area contributed by atoms with Gasteiger partial charge in [-0.05, 0) is 13.2 Å². The average molecular weight is 231 g/mol. The van der Waals surface area contributed by atoms with Crippen molar-refractivity contribution in [3.05, 3.63) is 0 Å². The lowest BCUT2D eigenvalue weighted by molar-refractivity contribution is -0.157. The second-order valence-electron chi connectivity index (χ2n) is 2.78. The smallest absolute Gasteiger partial charge is 0.403 e. The van der Waals surface area contributed by atoms with Crippen molar-refractivity contribution < 1.29 is 23.1 Å². The van der Waals surface area contributed by atoms with Crippen molar-refractivity contribution in [3.8, 4) is 0 Å². The number of hydrogen-bond donors (Lipinski definition) is 2. The number of halogens is 3. The molecule has 3 nitrogen and oxygen atoms in total. The van der Waals surface area contributed by atoms with Crippen LogP contribution in [0.5, 0.6) is 0 Å². The molecule has 2 N–H and O–H groups in total. The molecule has 0 aliphatic rings. The molecule has 2 unspecified atom stereocenters. The van der Waals surface area contributed by atoms with Crippen LogP contribution in [0.2, 0.25) is 0 Å². The topological polar surface area (TPSA) is 49.3 Å². The largest absolute Gasteiger partial charge is 0.480 e. The van der Waals surface area contributed by atoms with Crippen LogP contribution in [0.3, 0.4) is 0 Å². The Hall–Kier alpha value is -0.430. The van der Waals surface area contributed by atoms with Crippen LogP contribution in [-0.4, -0.2) is 41.3 Å². The van der Waals surface area contributed by atoms with Crippen LogP contribution in [0, 0.1) is 0 Å². The third-order valence-corrected chi connectivity index (χ3v) is 2.24. The molecule has 0 bridgehead atoms. The Morgan fingerprint density at radius 3 is 2.36 bits per heavy atom. The van der Waals surface area contributed by atoms with Crippen molar-refractivity contribution >= 4 is 17.7 Å². The van der Waals surface area contributed by atoms with Crippen LogP contribution < -0.4 is 5.32 Å². The molecule has 0 rings (SSSR count). The summed E-state index contributed by atoms with van der Waals surface area (Å²) >= 11 is 1.18. The molecule has 0 aromatic carbocycles. The SMILES string of the molecule is CSCC(NC(C)C(F)(F)F)C(=O)O. The van der Waals surface area contributed by atoms with E-state index >= 15 is 0 Å². The molecule has 2 atom stereocenters. The monoisotopic (exact) mass is 231 g/mol. The Bertz CT molecular complexity index is 198. The highest BCUT2D eigenvalue weighted by Gasteiger charge is 2.38. The van der Waals surface area contributed by atoms with Crippen LogP contribution >= 0.6 is 11.8 Å². The predicted octanol–water partition coefficient (Wildman–Crippen LogP) is 1.34. The molecule has 0 spiro atoms. The number of carbonyl (C=O) groups is 1. The van der Waals surface area contributed by atoms with Gasteiger partial charge in [-0.3, -0.25) is 10.1 Å². The standard InChI is InChI=1S/C7H12F3NO2S/c1-4(7(8,9)10)11-5(3-14-2)6(12)13/h4-5,11H,3H2,1-2H3,(H,12,13). The van der Waals surface area contributed by atoms with Gasteiger partial charge in [-0.25, -0.2) is 0 Å². The number of rotatable bonds is 5. The first kappa shape index (κ1) is 13.6. The summed E-state index contributed by atoms with van der Waals surface area (Å²) in [7, 11) is 0. The summed E-state index contributed by atoms with van der Waals surface area (Å²) < 4.78 is 36.2. The fraction of sp³-hybridized carbons (Fsp3) is 0.857. The highest BCUT2D eigenvalue weighted by Crippen LogP contribution is 2.20. The molecule has 0 radical (unpaired) electrons. The first-order valence-electron chi connectivity index (χ1n) is 3.83. The number of nitrogens with one attached hydrogen (secondary N) is 1. The van der Waals surface area contributed by atoms with Gasteiger partial charge in [-0.1, -0.05) is 0 Å². The van der Waals surface area contributed by atoms with Gasteiger partial charge in [-0.2, -0.15) is 24.9 Å². The van der Waals surface area contributed by atoms with E-state index in [0.717, 1.165) is 6.92 Å². The van der Waals surface area contributed by atoms with E-state index < -0.39 is 24.2 Å². The number of thioether (sulfide) groups is 1. The number of carboxylic acid groups (broad SMARTS) is 1. The van der Waals surface area contributed by atoms with Gasteiger partial charge in [0.15, 0.2) is 0 Å². The third-order valence-electron chi connectivity index (χ3n) is 1.57. The molecule has 7 heteroatoms. The molecule has 0 aliphatic heterocycles. The Morgan fingerprint density at radius 1 is 1.57 bits per heavy atom. The lowest BCUT2D eigenvalue weighted by atomic mass is 10.2. The van der Waals surface area contributed by atoms with E-state index in [1.54, 1.807) is 6.26 Å². The zero-order chi connectivity index (χ0) is 11.4. The Balaban J connectivity index is 4.23. The quantitative estimate of drug-likeness (QED) is 0.749. The molecule has 84 valence electrons. The van der Waals surface area contributed by atoms with Crippen LogP contribution in [0.1, 0.15) is 6.92 Å². The summed E-state index contributed by atoms with van der Waals surface area (Å²) in [4.78, 5) is 10.5. The fourth-order valence-corrected chi connectivity index (χ4v) is 1.33. The first-order valence-corrected chi connectivity index (χ1v) is 5.23. The molecule has 0 saturated carbocycles. The van der Waals surface area contributed by atoms with Gasteiger partial charge >= 0.3 is 12.1 Å². The van der Waals surface area contributed by atoms with Crippen LogP contribution in [0.15, 0.2) is 0 Å². The minimum Gasteiger partial charge on any atom is -0.480 e. The van der Waals surface area contributed by atoms with Crippen molar-refractivity contribution in [2.45, 2.75) is 25.2 Å². The van der Waals surface area contributed by atoms with Gasteiger partial charge in [0.05, 0.1) is 0 Å². The lowest BCUT2D eigenvalue weighted by Gasteiger charge is -2.21. The van der Waals surface area contributed by atoms with Gasteiger partial charge < -0.3 is 5.11 Å². The number of carboxylic acids is 1. The normalized spacial score (nSPS) is 16.4. The van der Waals surface area contributed by atoms with Crippen LogP contribution in [-0.2, 0) is 4.79 Å². The van der Waals surface area contributed by atoms with Gasteiger partial charge in [-0.15, -0.1) is 0 Å². The summed E-state index contributed by atoms with van der Waals surface area (Å²) in [5, 5.41) is 10.6. The zero-order valence-electron chi connectivity index (χ0n) is 7.76. The fourth-order valence-electron chi connectivity index (χ4n) is 0.754. The Morgan fingerprint density at radius 2 is 2.07 bits per heavy atom. The number of aliphatic carboxylic acids is 1. The highest BCUT2D eigenvalue weighted by atomic mass is 32.2. The summed E-state index contributed by atoms with van der Waals surface area (Å²) in [5.74, 6) is -1.16. The van der Waals surface area contributed by atoms with Gasteiger partial charge in [0.2, 0.25) is 0 Å². The minimum atomic E-state index is -4.41.